The van der Waals surface area contributed by atoms with Crippen LogP contribution in [0.5, 0.6) is 0 Å². The van der Waals surface area contributed by atoms with Crippen LogP contribution in [0.2, 0.25) is 5.02 Å². The van der Waals surface area contributed by atoms with E-state index in [1.807, 2.05) is 6.07 Å². The maximum atomic E-state index is 6.22. The Labute approximate surface area is 131 Å². The van der Waals surface area contributed by atoms with Crippen LogP contribution in [-0.2, 0) is 19.6 Å². The summed E-state index contributed by atoms with van der Waals surface area (Å²) in [5, 5.41) is 4.29. The quantitative estimate of drug-likeness (QED) is 0.825. The van der Waals surface area contributed by atoms with Crippen LogP contribution < -0.4 is 10.2 Å². The predicted octanol–water partition coefficient (Wildman–Crippen LogP) is 4.36. The minimum Gasteiger partial charge on any atom is -0.363 e. The van der Waals surface area contributed by atoms with Gasteiger partial charge in [0.05, 0.1) is 0 Å². The average Bonchev–Trinajstić information content (AvgIpc) is 2.92. The van der Waals surface area contributed by atoms with E-state index in [-0.39, 0.29) is 0 Å². The number of hydrogen-bond acceptors (Lipinski definition) is 2. The lowest BCUT2D eigenvalue weighted by molar-refractivity contribution is 0.673. The number of halogens is 1. The Morgan fingerprint density at radius 2 is 1.81 bits per heavy atom. The molecule has 1 heterocycles. The normalized spacial score (nSPS) is 13.5. The van der Waals surface area contributed by atoms with Gasteiger partial charge in [0.15, 0.2) is 0 Å². The Morgan fingerprint density at radius 3 is 2.48 bits per heavy atom. The van der Waals surface area contributed by atoms with E-state index in [0.717, 1.165) is 37.6 Å². The first-order valence-corrected chi connectivity index (χ1v) is 7.96. The van der Waals surface area contributed by atoms with Gasteiger partial charge in [0, 0.05) is 30.3 Å². The van der Waals surface area contributed by atoms with Gasteiger partial charge in [0.1, 0.15) is 0 Å². The molecule has 0 bridgehead atoms. The van der Waals surface area contributed by atoms with E-state index in [2.05, 4.69) is 53.5 Å². The van der Waals surface area contributed by atoms with E-state index in [1.165, 1.54) is 22.4 Å². The Bertz CT molecular complexity index is 599. The number of fused-ring (bicyclic) bond motifs is 1. The first kappa shape index (κ1) is 14.4. The Kier molecular flexibility index (Phi) is 4.47. The molecular formula is C18H21ClN2. The molecule has 0 atom stereocenters. The van der Waals surface area contributed by atoms with E-state index in [1.54, 1.807) is 0 Å². The molecule has 110 valence electrons. The van der Waals surface area contributed by atoms with E-state index in [0.29, 0.717) is 0 Å². The Morgan fingerprint density at radius 1 is 1.10 bits per heavy atom. The molecule has 2 nitrogen and oxygen atoms in total. The standard InChI is InChI=1S/C18H21ClN2/c1-2-9-20-11-14-7-8-17(19)10-18(14)21-12-15-5-3-4-6-16(15)13-21/h3-8,10,20H,2,9,11-13H2,1H3. The van der Waals surface area contributed by atoms with Crippen molar-refractivity contribution in [3.63, 3.8) is 0 Å². The van der Waals surface area contributed by atoms with Gasteiger partial charge in [-0.3, -0.25) is 0 Å². The largest absolute Gasteiger partial charge is 0.363 e. The number of hydrogen-bond donors (Lipinski definition) is 1. The number of benzene rings is 2. The molecule has 0 spiro atoms. The Balaban J connectivity index is 1.83. The molecule has 3 rings (SSSR count). The monoisotopic (exact) mass is 300 g/mol. The minimum absolute atomic E-state index is 0.806. The molecule has 3 heteroatoms. The van der Waals surface area contributed by atoms with Crippen molar-refractivity contribution < 1.29 is 0 Å². The fourth-order valence-electron chi connectivity index (χ4n) is 2.88. The summed E-state index contributed by atoms with van der Waals surface area (Å²) in [5.41, 5.74) is 5.41. The molecule has 0 amide bonds. The zero-order chi connectivity index (χ0) is 14.7. The van der Waals surface area contributed by atoms with Crippen LogP contribution >= 0.6 is 11.6 Å². The van der Waals surface area contributed by atoms with Crippen molar-refractivity contribution in [2.24, 2.45) is 0 Å². The lowest BCUT2D eigenvalue weighted by Crippen LogP contribution is -2.20. The molecular weight excluding hydrogens is 280 g/mol. The summed E-state index contributed by atoms with van der Waals surface area (Å²) in [6, 6.07) is 14.9. The topological polar surface area (TPSA) is 15.3 Å². The highest BCUT2D eigenvalue weighted by Crippen LogP contribution is 2.32. The van der Waals surface area contributed by atoms with Gasteiger partial charge in [0.25, 0.3) is 0 Å². The second-order valence-electron chi connectivity index (χ2n) is 5.57. The first-order chi connectivity index (χ1) is 10.3. The molecule has 0 saturated carbocycles. The molecule has 0 saturated heterocycles. The van der Waals surface area contributed by atoms with Crippen LogP contribution in [0.4, 0.5) is 5.69 Å². The highest BCUT2D eigenvalue weighted by Gasteiger charge is 2.20. The van der Waals surface area contributed by atoms with Crippen molar-refractivity contribution in [2.75, 3.05) is 11.4 Å². The van der Waals surface area contributed by atoms with E-state index < -0.39 is 0 Å². The summed E-state index contributed by atoms with van der Waals surface area (Å²) in [6.45, 7) is 6.07. The first-order valence-electron chi connectivity index (χ1n) is 7.59. The average molecular weight is 301 g/mol. The number of nitrogens with zero attached hydrogens (tertiary/aromatic N) is 1. The SMILES string of the molecule is CCCNCc1ccc(Cl)cc1N1Cc2ccccc2C1. The molecule has 0 aromatic heterocycles. The summed E-state index contributed by atoms with van der Waals surface area (Å²) in [4.78, 5) is 2.42. The van der Waals surface area contributed by atoms with Gasteiger partial charge in [-0.1, -0.05) is 48.9 Å². The third-order valence-corrected chi connectivity index (χ3v) is 4.21. The zero-order valence-electron chi connectivity index (χ0n) is 12.4. The lowest BCUT2D eigenvalue weighted by atomic mass is 10.1. The maximum Gasteiger partial charge on any atom is 0.0436 e. The third kappa shape index (κ3) is 3.22. The van der Waals surface area contributed by atoms with Crippen LogP contribution in [0.3, 0.4) is 0 Å². The van der Waals surface area contributed by atoms with Crippen molar-refractivity contribution >= 4 is 17.3 Å². The number of nitrogens with one attached hydrogen (secondary N) is 1. The number of rotatable bonds is 5. The van der Waals surface area contributed by atoms with Crippen LogP contribution in [0.15, 0.2) is 42.5 Å². The molecule has 0 aliphatic carbocycles. The summed E-state index contributed by atoms with van der Waals surface area (Å²) in [7, 11) is 0. The molecule has 2 aromatic rings. The highest BCUT2D eigenvalue weighted by atomic mass is 35.5. The maximum absolute atomic E-state index is 6.22. The second-order valence-corrected chi connectivity index (χ2v) is 6.01. The van der Waals surface area contributed by atoms with Gasteiger partial charge in [0.2, 0.25) is 0 Å². The van der Waals surface area contributed by atoms with Crippen molar-refractivity contribution in [1.29, 1.82) is 0 Å². The van der Waals surface area contributed by atoms with Gasteiger partial charge in [-0.25, -0.2) is 0 Å². The van der Waals surface area contributed by atoms with Gasteiger partial charge in [-0.05, 0) is 41.8 Å². The van der Waals surface area contributed by atoms with Crippen LogP contribution in [0.1, 0.15) is 30.0 Å². The molecule has 2 aromatic carbocycles. The summed E-state index contributed by atoms with van der Waals surface area (Å²) < 4.78 is 0. The summed E-state index contributed by atoms with van der Waals surface area (Å²) in [6.07, 6.45) is 1.15. The molecule has 1 aliphatic heterocycles. The summed E-state index contributed by atoms with van der Waals surface area (Å²) >= 11 is 6.22. The zero-order valence-corrected chi connectivity index (χ0v) is 13.2. The third-order valence-electron chi connectivity index (χ3n) is 3.97. The van der Waals surface area contributed by atoms with Gasteiger partial charge >= 0.3 is 0 Å². The molecule has 21 heavy (non-hydrogen) atoms. The fourth-order valence-corrected chi connectivity index (χ4v) is 3.05. The van der Waals surface area contributed by atoms with Gasteiger partial charge in [-0.15, -0.1) is 0 Å². The van der Waals surface area contributed by atoms with E-state index in [4.69, 9.17) is 11.6 Å². The molecule has 0 radical (unpaired) electrons. The smallest absolute Gasteiger partial charge is 0.0436 e. The van der Waals surface area contributed by atoms with Crippen molar-refractivity contribution in [2.45, 2.75) is 33.0 Å². The van der Waals surface area contributed by atoms with Crippen molar-refractivity contribution in [1.82, 2.24) is 5.32 Å². The van der Waals surface area contributed by atoms with Crippen LogP contribution in [0.25, 0.3) is 0 Å². The van der Waals surface area contributed by atoms with Crippen molar-refractivity contribution in [3.05, 3.63) is 64.2 Å². The summed E-state index contributed by atoms with van der Waals surface area (Å²) in [5.74, 6) is 0. The molecule has 0 fully saturated rings. The number of anilines is 1. The molecule has 0 unspecified atom stereocenters. The fraction of sp³-hybridized carbons (Fsp3) is 0.333. The minimum atomic E-state index is 0.806. The molecule has 1 aliphatic rings. The predicted molar refractivity (Wildman–Crippen MR) is 89.8 cm³/mol. The Hall–Kier alpha value is -1.51. The van der Waals surface area contributed by atoms with Crippen molar-refractivity contribution in [3.8, 4) is 0 Å². The molecule has 1 N–H and O–H groups in total. The van der Waals surface area contributed by atoms with E-state index in [9.17, 15) is 0 Å². The van der Waals surface area contributed by atoms with Gasteiger partial charge < -0.3 is 10.2 Å². The van der Waals surface area contributed by atoms with E-state index >= 15 is 0 Å². The van der Waals surface area contributed by atoms with Crippen LogP contribution in [0, 0.1) is 0 Å². The highest BCUT2D eigenvalue weighted by molar-refractivity contribution is 6.30. The van der Waals surface area contributed by atoms with Gasteiger partial charge in [-0.2, -0.15) is 0 Å². The van der Waals surface area contributed by atoms with Crippen LogP contribution in [-0.4, -0.2) is 6.54 Å². The lowest BCUT2D eigenvalue weighted by Gasteiger charge is -2.22. The second kappa shape index (κ2) is 6.50.